The summed E-state index contributed by atoms with van der Waals surface area (Å²) < 4.78 is 0. The number of carbonyl (C=O) groups is 1. The summed E-state index contributed by atoms with van der Waals surface area (Å²) in [6.07, 6.45) is 8.09. The summed E-state index contributed by atoms with van der Waals surface area (Å²) in [5.74, 6) is 0.311. The Bertz CT molecular complexity index is 297. The summed E-state index contributed by atoms with van der Waals surface area (Å²) in [5.41, 5.74) is -0.319. The molecule has 1 amide bonds. The van der Waals surface area contributed by atoms with Crippen molar-refractivity contribution in [3.05, 3.63) is 0 Å². The molecule has 0 spiro atoms. The molecule has 2 fully saturated rings. The van der Waals surface area contributed by atoms with E-state index >= 15 is 0 Å². The van der Waals surface area contributed by atoms with E-state index in [1.54, 1.807) is 0 Å². The van der Waals surface area contributed by atoms with Crippen LogP contribution in [0.4, 0.5) is 0 Å². The lowest BCUT2D eigenvalue weighted by atomic mass is 9.92. The van der Waals surface area contributed by atoms with Crippen LogP contribution in [0.2, 0.25) is 0 Å². The second kappa shape index (κ2) is 5.19. The van der Waals surface area contributed by atoms with Gasteiger partial charge in [0, 0.05) is 11.3 Å². The van der Waals surface area contributed by atoms with Gasteiger partial charge in [-0.1, -0.05) is 19.8 Å². The maximum Gasteiger partial charge on any atom is 0.243 e. The third-order valence-corrected chi connectivity index (χ3v) is 5.61. The Balaban J connectivity index is 2.10. The number of hydrogen-bond donors (Lipinski definition) is 1. The largest absolute Gasteiger partial charge is 0.324 e. The van der Waals surface area contributed by atoms with Crippen LogP contribution in [-0.2, 0) is 4.79 Å². The molecule has 1 saturated carbocycles. The highest BCUT2D eigenvalue weighted by atomic mass is 32.2. The number of rotatable bonds is 3. The van der Waals surface area contributed by atoms with Crippen molar-refractivity contribution < 1.29 is 4.79 Å². The molecule has 0 aromatic carbocycles. The van der Waals surface area contributed by atoms with Crippen LogP contribution in [0.25, 0.3) is 0 Å². The van der Waals surface area contributed by atoms with Crippen molar-refractivity contribution >= 4 is 17.7 Å². The lowest BCUT2D eigenvalue weighted by Crippen LogP contribution is -2.48. The molecular formula is C13H24N2OS. The molecule has 2 aliphatic rings. The van der Waals surface area contributed by atoms with Crippen molar-refractivity contribution in [2.24, 2.45) is 0 Å². The van der Waals surface area contributed by atoms with Crippen molar-refractivity contribution in [1.29, 1.82) is 0 Å². The second-order valence-corrected chi connectivity index (χ2v) is 6.50. The first kappa shape index (κ1) is 13.2. The number of nitrogens with one attached hydrogen (secondary N) is 1. The van der Waals surface area contributed by atoms with E-state index in [1.165, 1.54) is 25.7 Å². The molecule has 1 saturated heterocycles. The minimum atomic E-state index is -0.319. The van der Waals surface area contributed by atoms with Crippen molar-refractivity contribution in [2.75, 3.05) is 12.9 Å². The van der Waals surface area contributed by atoms with Crippen LogP contribution in [0.5, 0.6) is 0 Å². The van der Waals surface area contributed by atoms with E-state index in [0.717, 1.165) is 13.1 Å². The van der Waals surface area contributed by atoms with E-state index < -0.39 is 0 Å². The highest BCUT2D eigenvalue weighted by Crippen LogP contribution is 2.33. The van der Waals surface area contributed by atoms with E-state index in [9.17, 15) is 4.79 Å². The number of carbonyl (C=O) groups excluding carboxylic acids is 1. The predicted octanol–water partition coefficient (Wildman–Crippen LogP) is 2.22. The molecule has 1 aliphatic heterocycles. The number of amides is 1. The molecule has 98 valence electrons. The smallest absolute Gasteiger partial charge is 0.243 e. The Morgan fingerprint density at radius 1 is 1.47 bits per heavy atom. The van der Waals surface area contributed by atoms with Crippen molar-refractivity contribution in [3.63, 3.8) is 0 Å². The molecule has 3 unspecified atom stereocenters. The molecule has 0 radical (unpaired) electrons. The maximum atomic E-state index is 12.5. The second-order valence-electron chi connectivity index (χ2n) is 5.42. The minimum Gasteiger partial charge on any atom is -0.324 e. The minimum absolute atomic E-state index is 0.311. The van der Waals surface area contributed by atoms with Gasteiger partial charge in [0.2, 0.25) is 5.91 Å². The monoisotopic (exact) mass is 256 g/mol. The fraction of sp³-hybridized carbons (Fsp3) is 0.923. The van der Waals surface area contributed by atoms with Crippen LogP contribution >= 0.6 is 11.8 Å². The highest BCUT2D eigenvalue weighted by molar-refractivity contribution is 7.99. The quantitative estimate of drug-likeness (QED) is 0.840. The Morgan fingerprint density at radius 3 is 2.76 bits per heavy atom. The van der Waals surface area contributed by atoms with E-state index in [-0.39, 0.29) is 5.54 Å². The van der Waals surface area contributed by atoms with Crippen LogP contribution in [-0.4, -0.2) is 40.6 Å². The number of hydrogen-bond acceptors (Lipinski definition) is 3. The summed E-state index contributed by atoms with van der Waals surface area (Å²) in [7, 11) is 0. The fourth-order valence-corrected chi connectivity index (χ4v) is 3.98. The molecule has 17 heavy (non-hydrogen) atoms. The van der Waals surface area contributed by atoms with E-state index in [2.05, 4.69) is 23.4 Å². The van der Waals surface area contributed by atoms with Gasteiger partial charge in [-0.05, 0) is 32.4 Å². The van der Waals surface area contributed by atoms with Crippen LogP contribution in [0.3, 0.4) is 0 Å². The lowest BCUT2D eigenvalue weighted by Gasteiger charge is -2.37. The molecule has 1 aliphatic carbocycles. The van der Waals surface area contributed by atoms with Gasteiger partial charge in [0.05, 0.1) is 12.2 Å². The summed E-state index contributed by atoms with van der Waals surface area (Å²) in [6, 6.07) is 0.451. The first-order valence-corrected chi connectivity index (χ1v) is 8.00. The van der Waals surface area contributed by atoms with Crippen LogP contribution in [0.15, 0.2) is 0 Å². The molecule has 3 atom stereocenters. The summed E-state index contributed by atoms with van der Waals surface area (Å²) in [5, 5.41) is 4.02. The first-order valence-electron chi connectivity index (χ1n) is 6.71. The van der Waals surface area contributed by atoms with Gasteiger partial charge in [0.25, 0.3) is 0 Å². The summed E-state index contributed by atoms with van der Waals surface area (Å²) in [4.78, 5) is 14.6. The topological polar surface area (TPSA) is 32.3 Å². The Hall–Kier alpha value is -0.220. The maximum absolute atomic E-state index is 12.5. The average molecular weight is 256 g/mol. The van der Waals surface area contributed by atoms with Gasteiger partial charge < -0.3 is 4.90 Å². The molecule has 1 N–H and O–H groups in total. The standard InChI is InChI=1S/C13H24N2OS/c1-4-13(2)12(16)15(9-14-13)10-7-5-6-8-11(10)17-3/h10-11,14H,4-9H2,1-3H3. The van der Waals surface area contributed by atoms with Crippen LogP contribution < -0.4 is 5.32 Å². The molecule has 0 aromatic rings. The van der Waals surface area contributed by atoms with E-state index in [4.69, 9.17) is 0 Å². The number of thioether (sulfide) groups is 1. The molecule has 1 heterocycles. The normalized spacial score (nSPS) is 38.8. The zero-order valence-corrected chi connectivity index (χ0v) is 12.0. The zero-order chi connectivity index (χ0) is 12.5. The van der Waals surface area contributed by atoms with Gasteiger partial charge in [-0.15, -0.1) is 0 Å². The molecule has 3 nitrogen and oxygen atoms in total. The van der Waals surface area contributed by atoms with Gasteiger partial charge in [-0.3, -0.25) is 10.1 Å². The van der Waals surface area contributed by atoms with Gasteiger partial charge in [-0.25, -0.2) is 0 Å². The molecular weight excluding hydrogens is 232 g/mol. The van der Waals surface area contributed by atoms with Crippen molar-refractivity contribution in [2.45, 2.75) is 62.8 Å². The van der Waals surface area contributed by atoms with Gasteiger partial charge in [0.15, 0.2) is 0 Å². The zero-order valence-electron chi connectivity index (χ0n) is 11.2. The van der Waals surface area contributed by atoms with Gasteiger partial charge in [-0.2, -0.15) is 11.8 Å². The molecule has 4 heteroatoms. The Kier molecular flexibility index (Phi) is 4.03. The third kappa shape index (κ3) is 2.34. The Morgan fingerprint density at radius 2 is 2.18 bits per heavy atom. The third-order valence-electron chi connectivity index (χ3n) is 4.45. The SMILES string of the molecule is CCC1(C)NCN(C2CCCCC2SC)C1=O. The number of nitrogens with zero attached hydrogens (tertiary/aromatic N) is 1. The van der Waals surface area contributed by atoms with Crippen LogP contribution in [0, 0.1) is 0 Å². The summed E-state index contributed by atoms with van der Waals surface area (Å²) in [6.45, 7) is 4.86. The molecule has 0 bridgehead atoms. The summed E-state index contributed by atoms with van der Waals surface area (Å²) >= 11 is 1.93. The predicted molar refractivity (Wildman–Crippen MR) is 73.1 cm³/mol. The lowest BCUT2D eigenvalue weighted by molar-refractivity contribution is -0.134. The van der Waals surface area contributed by atoms with Gasteiger partial charge in [0.1, 0.15) is 0 Å². The van der Waals surface area contributed by atoms with Crippen LogP contribution in [0.1, 0.15) is 46.0 Å². The first-order chi connectivity index (χ1) is 8.12. The Labute approximate surface area is 109 Å². The van der Waals surface area contributed by atoms with Crippen molar-refractivity contribution in [1.82, 2.24) is 10.2 Å². The van der Waals surface area contributed by atoms with Crippen molar-refractivity contribution in [3.8, 4) is 0 Å². The molecule has 0 aromatic heterocycles. The molecule has 2 rings (SSSR count). The van der Waals surface area contributed by atoms with E-state index in [1.807, 2.05) is 18.7 Å². The average Bonchev–Trinajstić information content (AvgIpc) is 2.67. The van der Waals surface area contributed by atoms with Gasteiger partial charge >= 0.3 is 0 Å². The fourth-order valence-electron chi connectivity index (χ4n) is 2.98. The van der Waals surface area contributed by atoms with E-state index in [0.29, 0.717) is 17.2 Å². The highest BCUT2D eigenvalue weighted by Gasteiger charge is 2.45.